The molecule has 1 aliphatic rings. The fourth-order valence-corrected chi connectivity index (χ4v) is 1.90. The maximum atomic E-state index is 5.89. The molecule has 0 atom stereocenters. The van der Waals surface area contributed by atoms with Crippen LogP contribution in [0.4, 0.5) is 5.82 Å². The van der Waals surface area contributed by atoms with Gasteiger partial charge >= 0.3 is 7.12 Å². The number of pyridine rings is 1. The SMILES string of the molecule is COc1cc(/C=C/B2OC(C)(C)C(C)(C)O2)cc(N)n1. The highest BCUT2D eigenvalue weighted by Gasteiger charge is 2.49. The largest absolute Gasteiger partial charge is 0.487 e. The lowest BCUT2D eigenvalue weighted by molar-refractivity contribution is 0.00578. The van der Waals surface area contributed by atoms with Crippen LogP contribution < -0.4 is 10.5 Å². The van der Waals surface area contributed by atoms with E-state index in [1.807, 2.05) is 39.7 Å². The molecule has 6 heteroatoms. The number of anilines is 1. The Morgan fingerprint density at radius 2 is 1.80 bits per heavy atom. The van der Waals surface area contributed by atoms with E-state index in [2.05, 4.69) is 4.98 Å². The van der Waals surface area contributed by atoms with Crippen LogP contribution in [0.5, 0.6) is 5.88 Å². The van der Waals surface area contributed by atoms with Gasteiger partial charge in [-0.3, -0.25) is 0 Å². The molecule has 1 fully saturated rings. The van der Waals surface area contributed by atoms with Crippen molar-refractivity contribution >= 4 is 19.0 Å². The first-order valence-electron chi connectivity index (χ1n) is 6.59. The standard InChI is InChI=1S/C14H21BN2O3/c1-13(2)14(3,4)20-15(19-13)7-6-10-8-11(16)17-12(9-10)18-5/h6-9H,1-5H3,(H2,16,17)/b7-6+. The van der Waals surface area contributed by atoms with Crippen molar-refractivity contribution in [3.8, 4) is 5.88 Å². The smallest absolute Gasteiger partial charge is 0.481 e. The zero-order chi connectivity index (χ0) is 15.0. The van der Waals surface area contributed by atoms with Crippen LogP contribution >= 0.6 is 0 Å². The van der Waals surface area contributed by atoms with Crippen molar-refractivity contribution in [3.63, 3.8) is 0 Å². The predicted molar refractivity (Wildman–Crippen MR) is 80.3 cm³/mol. The van der Waals surface area contributed by atoms with E-state index in [0.29, 0.717) is 11.7 Å². The summed E-state index contributed by atoms with van der Waals surface area (Å²) in [4.78, 5) is 4.04. The molecule has 0 spiro atoms. The molecule has 20 heavy (non-hydrogen) atoms. The van der Waals surface area contributed by atoms with Crippen LogP contribution in [-0.2, 0) is 9.31 Å². The molecule has 0 unspecified atom stereocenters. The molecule has 2 heterocycles. The number of nitrogens with two attached hydrogens (primary N) is 1. The Balaban J connectivity index is 2.13. The van der Waals surface area contributed by atoms with Gasteiger partial charge in [0.15, 0.2) is 0 Å². The molecule has 1 saturated heterocycles. The molecule has 5 nitrogen and oxygen atoms in total. The zero-order valence-electron chi connectivity index (χ0n) is 12.6. The minimum Gasteiger partial charge on any atom is -0.481 e. The lowest BCUT2D eigenvalue weighted by Gasteiger charge is -2.32. The summed E-state index contributed by atoms with van der Waals surface area (Å²) in [6.07, 6.45) is 1.89. The maximum Gasteiger partial charge on any atom is 0.487 e. The first kappa shape index (κ1) is 14.9. The summed E-state index contributed by atoms with van der Waals surface area (Å²) in [5.41, 5.74) is 5.94. The van der Waals surface area contributed by atoms with Crippen LogP contribution in [0.1, 0.15) is 33.3 Å². The third kappa shape index (κ3) is 2.97. The van der Waals surface area contributed by atoms with Gasteiger partial charge in [0, 0.05) is 6.07 Å². The number of aromatic nitrogens is 1. The molecule has 1 aromatic rings. The molecule has 0 saturated carbocycles. The molecule has 0 radical (unpaired) electrons. The van der Waals surface area contributed by atoms with Crippen molar-refractivity contribution in [1.82, 2.24) is 4.98 Å². The van der Waals surface area contributed by atoms with Gasteiger partial charge in [-0.25, -0.2) is 0 Å². The molecule has 0 amide bonds. The van der Waals surface area contributed by atoms with Gasteiger partial charge in [-0.15, -0.1) is 0 Å². The van der Waals surface area contributed by atoms with Crippen molar-refractivity contribution < 1.29 is 14.0 Å². The number of hydrogen-bond donors (Lipinski definition) is 1. The van der Waals surface area contributed by atoms with Crippen molar-refractivity contribution in [2.45, 2.75) is 38.9 Å². The molecule has 108 valence electrons. The Morgan fingerprint density at radius 1 is 1.20 bits per heavy atom. The quantitative estimate of drug-likeness (QED) is 0.858. The lowest BCUT2D eigenvalue weighted by atomic mass is 9.89. The second-order valence-corrected chi connectivity index (χ2v) is 5.85. The van der Waals surface area contributed by atoms with Gasteiger partial charge in [0.1, 0.15) is 5.82 Å². The monoisotopic (exact) mass is 276 g/mol. The first-order valence-corrected chi connectivity index (χ1v) is 6.59. The van der Waals surface area contributed by atoms with E-state index < -0.39 is 0 Å². The second-order valence-electron chi connectivity index (χ2n) is 5.85. The van der Waals surface area contributed by atoms with Crippen molar-refractivity contribution in [2.24, 2.45) is 0 Å². The van der Waals surface area contributed by atoms with Gasteiger partial charge in [-0.05, 0) is 39.3 Å². The average Bonchev–Trinajstić information content (AvgIpc) is 2.54. The highest BCUT2D eigenvalue weighted by molar-refractivity contribution is 6.52. The maximum absolute atomic E-state index is 5.89. The van der Waals surface area contributed by atoms with Crippen LogP contribution in [0.2, 0.25) is 0 Å². The normalized spacial score (nSPS) is 20.6. The van der Waals surface area contributed by atoms with Crippen LogP contribution in [0.3, 0.4) is 0 Å². The molecular formula is C14H21BN2O3. The molecule has 2 N–H and O–H groups in total. The Bertz CT molecular complexity index is 513. The van der Waals surface area contributed by atoms with Gasteiger partial charge in [-0.2, -0.15) is 4.98 Å². The Hall–Kier alpha value is -1.53. The number of rotatable bonds is 3. The zero-order valence-corrected chi connectivity index (χ0v) is 12.6. The van der Waals surface area contributed by atoms with Crippen LogP contribution in [0.25, 0.3) is 6.08 Å². The van der Waals surface area contributed by atoms with E-state index in [0.717, 1.165) is 5.56 Å². The summed E-state index contributed by atoms with van der Waals surface area (Å²) in [5, 5.41) is 0. The Morgan fingerprint density at radius 3 is 2.35 bits per heavy atom. The number of nitrogens with zero attached hydrogens (tertiary/aromatic N) is 1. The summed E-state index contributed by atoms with van der Waals surface area (Å²) in [6.45, 7) is 8.09. The summed E-state index contributed by atoms with van der Waals surface area (Å²) < 4.78 is 16.9. The topological polar surface area (TPSA) is 66.6 Å². The van der Waals surface area contributed by atoms with Gasteiger partial charge in [0.05, 0.1) is 18.3 Å². The summed E-state index contributed by atoms with van der Waals surface area (Å²) >= 11 is 0. The van der Waals surface area contributed by atoms with Crippen LogP contribution in [0, 0.1) is 0 Å². The van der Waals surface area contributed by atoms with Crippen molar-refractivity contribution in [2.75, 3.05) is 12.8 Å². The fraction of sp³-hybridized carbons (Fsp3) is 0.500. The molecular weight excluding hydrogens is 255 g/mol. The van der Waals surface area contributed by atoms with Gasteiger partial charge in [0.25, 0.3) is 0 Å². The van der Waals surface area contributed by atoms with E-state index in [1.54, 1.807) is 19.2 Å². The molecule has 1 aromatic heterocycles. The third-order valence-corrected chi connectivity index (χ3v) is 3.77. The van der Waals surface area contributed by atoms with E-state index in [9.17, 15) is 0 Å². The molecule has 0 aromatic carbocycles. The fourth-order valence-electron chi connectivity index (χ4n) is 1.90. The average molecular weight is 276 g/mol. The van der Waals surface area contributed by atoms with E-state index >= 15 is 0 Å². The molecule has 1 aliphatic heterocycles. The minimum absolute atomic E-state index is 0.336. The van der Waals surface area contributed by atoms with Gasteiger partial charge in [-0.1, -0.05) is 12.1 Å². The highest BCUT2D eigenvalue weighted by Crippen LogP contribution is 2.37. The second kappa shape index (κ2) is 5.11. The summed E-state index contributed by atoms with van der Waals surface area (Å²) in [5.74, 6) is 2.77. The number of nitrogen functional groups attached to an aromatic ring is 1. The summed E-state index contributed by atoms with van der Waals surface area (Å²) in [6, 6.07) is 3.57. The van der Waals surface area contributed by atoms with Gasteiger partial charge < -0.3 is 19.8 Å². The molecule has 0 bridgehead atoms. The lowest BCUT2D eigenvalue weighted by Crippen LogP contribution is -2.41. The minimum atomic E-state index is -0.375. The Kier molecular flexibility index (Phi) is 3.80. The van der Waals surface area contributed by atoms with E-state index in [4.69, 9.17) is 19.8 Å². The van der Waals surface area contributed by atoms with Crippen LogP contribution in [-0.4, -0.2) is 30.4 Å². The van der Waals surface area contributed by atoms with Gasteiger partial charge in [0.2, 0.25) is 5.88 Å². The molecule has 2 rings (SSSR count). The highest BCUT2D eigenvalue weighted by atomic mass is 16.7. The molecule has 0 aliphatic carbocycles. The van der Waals surface area contributed by atoms with Crippen molar-refractivity contribution in [1.29, 1.82) is 0 Å². The number of methoxy groups -OCH3 is 1. The number of ether oxygens (including phenoxy) is 1. The Labute approximate surface area is 120 Å². The van der Waals surface area contributed by atoms with E-state index in [1.165, 1.54) is 0 Å². The first-order chi connectivity index (χ1) is 9.23. The predicted octanol–water partition coefficient (Wildman–Crippen LogP) is 2.32. The third-order valence-electron chi connectivity index (χ3n) is 3.77. The number of hydrogen-bond acceptors (Lipinski definition) is 5. The summed E-state index contributed by atoms with van der Waals surface area (Å²) in [7, 11) is 1.18. The van der Waals surface area contributed by atoms with E-state index in [-0.39, 0.29) is 18.3 Å². The van der Waals surface area contributed by atoms with Crippen molar-refractivity contribution in [3.05, 3.63) is 23.7 Å². The van der Waals surface area contributed by atoms with Crippen LogP contribution in [0.15, 0.2) is 18.1 Å².